The molecule has 1 atom stereocenters. The van der Waals surface area contributed by atoms with Crippen molar-refractivity contribution in [1.82, 2.24) is 5.32 Å². The minimum Gasteiger partial charge on any atom is -0.343 e. The van der Waals surface area contributed by atoms with Crippen LogP contribution >= 0.6 is 0 Å². The molecule has 4 nitrogen and oxygen atoms in total. The number of nitrogens with one attached hydrogen (secondary N) is 1. The second-order valence-electron chi connectivity index (χ2n) is 4.72. The third kappa shape index (κ3) is 2.59. The Morgan fingerprint density at radius 1 is 1.42 bits per heavy atom. The lowest BCUT2D eigenvalue weighted by molar-refractivity contribution is -0.131. The number of anilines is 1. The number of hydrogen-bond donors (Lipinski definition) is 1. The number of benzene rings is 1. The highest BCUT2D eigenvalue weighted by Crippen LogP contribution is 2.24. The Kier molecular flexibility index (Phi) is 3.83. The van der Waals surface area contributed by atoms with Gasteiger partial charge in [-0.15, -0.1) is 0 Å². The fourth-order valence-corrected chi connectivity index (χ4v) is 2.29. The Bertz CT molecular complexity index is 516. The van der Waals surface area contributed by atoms with E-state index in [0.717, 1.165) is 6.42 Å². The zero-order chi connectivity index (χ0) is 14.0. The number of carbonyl (C=O) groups excluding carboxylic acids is 2. The molecule has 19 heavy (non-hydrogen) atoms. The van der Waals surface area contributed by atoms with Crippen molar-refractivity contribution in [3.8, 4) is 0 Å². The van der Waals surface area contributed by atoms with Crippen molar-refractivity contribution >= 4 is 17.5 Å². The van der Waals surface area contributed by atoms with Crippen LogP contribution in [0.1, 0.15) is 25.3 Å². The minimum absolute atomic E-state index is 0.0522. The smallest absolute Gasteiger partial charge is 0.250 e. The first kappa shape index (κ1) is 13.5. The maximum Gasteiger partial charge on any atom is 0.250 e. The van der Waals surface area contributed by atoms with Crippen LogP contribution in [0.3, 0.4) is 0 Å². The molecule has 5 heteroatoms. The fraction of sp³-hybridized carbons (Fsp3) is 0.429. The van der Waals surface area contributed by atoms with Gasteiger partial charge in [-0.3, -0.25) is 9.59 Å². The minimum atomic E-state index is -0.506. The van der Waals surface area contributed by atoms with Crippen LogP contribution in [-0.4, -0.2) is 24.4 Å². The van der Waals surface area contributed by atoms with E-state index in [0.29, 0.717) is 17.7 Å². The maximum absolute atomic E-state index is 13.6. The Hall–Kier alpha value is -1.91. The fourth-order valence-electron chi connectivity index (χ4n) is 2.29. The molecule has 0 radical (unpaired) electrons. The van der Waals surface area contributed by atoms with Crippen LogP contribution in [0.5, 0.6) is 0 Å². The van der Waals surface area contributed by atoms with Crippen molar-refractivity contribution in [1.29, 1.82) is 0 Å². The van der Waals surface area contributed by atoms with Crippen LogP contribution in [0.15, 0.2) is 18.2 Å². The number of carbonyl (C=O) groups is 2. The van der Waals surface area contributed by atoms with Crippen LogP contribution in [0.25, 0.3) is 0 Å². The Labute approximate surface area is 111 Å². The van der Waals surface area contributed by atoms with E-state index < -0.39 is 6.04 Å². The predicted molar refractivity (Wildman–Crippen MR) is 70.3 cm³/mol. The Balaban J connectivity index is 2.34. The second kappa shape index (κ2) is 5.38. The molecular formula is C14H17FN2O2. The predicted octanol–water partition coefficient (Wildman–Crippen LogP) is 1.77. The molecule has 1 aliphatic rings. The van der Waals surface area contributed by atoms with E-state index in [1.807, 2.05) is 6.92 Å². The largest absolute Gasteiger partial charge is 0.343 e. The topological polar surface area (TPSA) is 49.4 Å². The lowest BCUT2D eigenvalue weighted by Gasteiger charge is -2.33. The van der Waals surface area contributed by atoms with Crippen LogP contribution < -0.4 is 10.2 Å². The number of halogens is 1. The van der Waals surface area contributed by atoms with Gasteiger partial charge in [0.05, 0.1) is 5.69 Å². The monoisotopic (exact) mass is 264 g/mol. The van der Waals surface area contributed by atoms with Gasteiger partial charge in [-0.05, 0) is 25.5 Å². The zero-order valence-corrected chi connectivity index (χ0v) is 11.1. The Morgan fingerprint density at radius 2 is 2.16 bits per heavy atom. The summed E-state index contributed by atoms with van der Waals surface area (Å²) in [6.45, 7) is 3.51. The third-order valence-corrected chi connectivity index (χ3v) is 3.31. The molecule has 0 aromatic heterocycles. The van der Waals surface area contributed by atoms with E-state index in [1.54, 1.807) is 19.1 Å². The Morgan fingerprint density at radius 3 is 2.84 bits per heavy atom. The maximum atomic E-state index is 13.6. The van der Waals surface area contributed by atoms with Gasteiger partial charge >= 0.3 is 0 Å². The lowest BCUT2D eigenvalue weighted by atomic mass is 10.1. The van der Waals surface area contributed by atoms with Gasteiger partial charge in [-0.25, -0.2) is 4.39 Å². The molecule has 2 rings (SSSR count). The van der Waals surface area contributed by atoms with Gasteiger partial charge in [0.1, 0.15) is 18.4 Å². The number of hydrogen-bond acceptors (Lipinski definition) is 2. The summed E-state index contributed by atoms with van der Waals surface area (Å²) >= 11 is 0. The van der Waals surface area contributed by atoms with Gasteiger partial charge in [0.15, 0.2) is 0 Å². The van der Waals surface area contributed by atoms with Crippen LogP contribution in [0.4, 0.5) is 10.1 Å². The van der Waals surface area contributed by atoms with Crippen molar-refractivity contribution < 1.29 is 14.0 Å². The van der Waals surface area contributed by atoms with E-state index in [9.17, 15) is 14.0 Å². The summed E-state index contributed by atoms with van der Waals surface area (Å²) in [6.07, 6.45) is 1.39. The molecule has 1 unspecified atom stereocenters. The first-order valence-electron chi connectivity index (χ1n) is 6.40. The second-order valence-corrected chi connectivity index (χ2v) is 4.72. The standard InChI is InChI=1S/C14H17FN2O2/c1-3-5-11-14(19)17(8-13(18)16-11)12-7-4-6-10(15)9(12)2/h4,6-7,11H,3,5,8H2,1-2H3,(H,16,18). The van der Waals surface area contributed by atoms with Crippen LogP contribution in [0, 0.1) is 12.7 Å². The normalized spacial score (nSPS) is 19.5. The highest BCUT2D eigenvalue weighted by molar-refractivity contribution is 6.06. The first-order chi connectivity index (χ1) is 9.04. The average molecular weight is 264 g/mol. The van der Waals surface area contributed by atoms with Gasteiger partial charge in [0.2, 0.25) is 11.8 Å². The van der Waals surface area contributed by atoms with E-state index in [-0.39, 0.29) is 24.2 Å². The molecule has 0 spiro atoms. The molecule has 0 aliphatic carbocycles. The van der Waals surface area contributed by atoms with Crippen LogP contribution in [-0.2, 0) is 9.59 Å². The van der Waals surface area contributed by atoms with Gasteiger partial charge in [0, 0.05) is 5.56 Å². The highest BCUT2D eigenvalue weighted by Gasteiger charge is 2.33. The van der Waals surface area contributed by atoms with Crippen molar-refractivity contribution in [3.63, 3.8) is 0 Å². The molecule has 102 valence electrons. The summed E-state index contributed by atoms with van der Waals surface area (Å²) in [4.78, 5) is 25.4. The molecule has 1 heterocycles. The van der Waals surface area contributed by atoms with Crippen molar-refractivity contribution in [2.75, 3.05) is 11.4 Å². The number of nitrogens with zero attached hydrogens (tertiary/aromatic N) is 1. The summed E-state index contributed by atoms with van der Waals surface area (Å²) in [6, 6.07) is 4.05. The lowest BCUT2D eigenvalue weighted by Crippen LogP contribution is -2.58. The quantitative estimate of drug-likeness (QED) is 0.904. The zero-order valence-electron chi connectivity index (χ0n) is 11.1. The van der Waals surface area contributed by atoms with Crippen molar-refractivity contribution in [2.24, 2.45) is 0 Å². The summed E-state index contributed by atoms with van der Waals surface area (Å²) in [5.41, 5.74) is 0.863. The molecule has 2 amide bonds. The molecule has 1 N–H and O–H groups in total. The van der Waals surface area contributed by atoms with Gasteiger partial charge in [-0.2, -0.15) is 0 Å². The molecule has 1 aromatic carbocycles. The van der Waals surface area contributed by atoms with E-state index >= 15 is 0 Å². The molecule has 1 aliphatic heterocycles. The SMILES string of the molecule is CCCC1NC(=O)CN(c2cccc(F)c2C)C1=O. The first-order valence-corrected chi connectivity index (χ1v) is 6.40. The molecule has 0 bridgehead atoms. The number of rotatable bonds is 3. The average Bonchev–Trinajstić information content (AvgIpc) is 2.37. The van der Waals surface area contributed by atoms with Crippen LogP contribution in [0.2, 0.25) is 0 Å². The van der Waals surface area contributed by atoms with Gasteiger partial charge in [-0.1, -0.05) is 19.4 Å². The molecule has 1 fully saturated rings. The molecule has 1 aromatic rings. The number of amides is 2. The summed E-state index contributed by atoms with van der Waals surface area (Å²) in [5.74, 6) is -0.750. The van der Waals surface area contributed by atoms with E-state index in [1.165, 1.54) is 11.0 Å². The molecule has 0 saturated carbocycles. The summed E-state index contributed by atoms with van der Waals surface area (Å²) in [7, 11) is 0. The van der Waals surface area contributed by atoms with Crippen molar-refractivity contribution in [2.45, 2.75) is 32.7 Å². The van der Waals surface area contributed by atoms with E-state index in [2.05, 4.69) is 5.32 Å². The molecule has 1 saturated heterocycles. The van der Waals surface area contributed by atoms with Gasteiger partial charge < -0.3 is 10.2 Å². The van der Waals surface area contributed by atoms with E-state index in [4.69, 9.17) is 0 Å². The van der Waals surface area contributed by atoms with Gasteiger partial charge in [0.25, 0.3) is 0 Å². The summed E-state index contributed by atoms with van der Waals surface area (Å²) in [5, 5.41) is 2.68. The third-order valence-electron chi connectivity index (χ3n) is 3.31. The molecular weight excluding hydrogens is 247 g/mol. The number of piperazine rings is 1. The highest BCUT2D eigenvalue weighted by atomic mass is 19.1. The summed E-state index contributed by atoms with van der Waals surface area (Å²) < 4.78 is 13.6. The van der Waals surface area contributed by atoms with Crippen molar-refractivity contribution in [3.05, 3.63) is 29.6 Å².